The molecule has 1 saturated heterocycles. The molecule has 2 aromatic carbocycles. The molecule has 0 radical (unpaired) electrons. The number of hydrogen-bond acceptors (Lipinski definition) is 6. The van der Waals surface area contributed by atoms with E-state index in [1.165, 1.54) is 12.1 Å². The molecule has 0 bridgehead atoms. The van der Waals surface area contributed by atoms with E-state index >= 15 is 0 Å². The van der Waals surface area contributed by atoms with Gasteiger partial charge in [-0.25, -0.2) is 0 Å². The Kier molecular flexibility index (Phi) is 4.99. The van der Waals surface area contributed by atoms with E-state index in [1.807, 2.05) is 6.07 Å². The summed E-state index contributed by atoms with van der Waals surface area (Å²) >= 11 is 0. The Balaban J connectivity index is 1.84. The number of carbonyl (C=O) groups is 1. The van der Waals surface area contributed by atoms with Gasteiger partial charge in [0.25, 0.3) is 0 Å². The quantitative estimate of drug-likeness (QED) is 0.591. The van der Waals surface area contributed by atoms with Gasteiger partial charge in [0, 0.05) is 11.1 Å². The highest BCUT2D eigenvalue weighted by Crippen LogP contribution is 2.33. The van der Waals surface area contributed by atoms with E-state index in [1.54, 1.807) is 36.4 Å². The summed E-state index contributed by atoms with van der Waals surface area (Å²) in [6.45, 7) is -0.735. The molecule has 132 valence electrons. The Morgan fingerprint density at radius 3 is 2.24 bits per heavy atom. The van der Waals surface area contributed by atoms with Gasteiger partial charge in [-0.3, -0.25) is 4.79 Å². The average Bonchev–Trinajstić information content (AvgIpc) is 2.66. The molecule has 0 spiro atoms. The number of carbonyl (C=O) groups excluding carboxylic acids is 1. The molecule has 0 saturated carbocycles. The average molecular weight is 344 g/mol. The van der Waals surface area contributed by atoms with E-state index in [4.69, 9.17) is 9.84 Å². The van der Waals surface area contributed by atoms with Gasteiger partial charge in [-0.05, 0) is 5.56 Å². The molecule has 0 amide bonds. The molecule has 6 nitrogen and oxygen atoms in total. The minimum atomic E-state index is -1.82. The van der Waals surface area contributed by atoms with Crippen molar-refractivity contribution in [2.24, 2.45) is 0 Å². The summed E-state index contributed by atoms with van der Waals surface area (Å²) in [6.07, 6.45) is -3.89. The molecule has 0 unspecified atom stereocenters. The van der Waals surface area contributed by atoms with E-state index < -0.39 is 30.5 Å². The maximum atomic E-state index is 12.4. The number of ether oxygens (including phenoxy) is 1. The largest absolute Gasteiger partial charge is 0.394 e. The van der Waals surface area contributed by atoms with Crippen molar-refractivity contribution < 1.29 is 30.0 Å². The van der Waals surface area contributed by atoms with Crippen molar-refractivity contribution in [2.75, 3.05) is 13.2 Å². The van der Waals surface area contributed by atoms with Gasteiger partial charge < -0.3 is 25.2 Å². The number of benzene rings is 2. The van der Waals surface area contributed by atoms with Crippen molar-refractivity contribution in [3.8, 4) is 0 Å². The summed E-state index contributed by atoms with van der Waals surface area (Å²) in [4.78, 5) is 12.4. The Labute approximate surface area is 144 Å². The molecule has 4 atom stereocenters. The first-order valence-electron chi connectivity index (χ1n) is 7.98. The van der Waals surface area contributed by atoms with Gasteiger partial charge in [0.2, 0.25) is 0 Å². The molecule has 1 fully saturated rings. The molecule has 2 aromatic rings. The smallest absolute Gasteiger partial charge is 0.193 e. The van der Waals surface area contributed by atoms with Crippen LogP contribution in [0.25, 0.3) is 0 Å². The molecule has 0 aromatic heterocycles. The van der Waals surface area contributed by atoms with E-state index in [0.717, 1.165) is 0 Å². The fourth-order valence-electron chi connectivity index (χ4n) is 2.99. The third kappa shape index (κ3) is 3.22. The number of ketones is 1. The van der Waals surface area contributed by atoms with E-state index in [9.17, 15) is 20.1 Å². The van der Waals surface area contributed by atoms with Crippen molar-refractivity contribution in [1.82, 2.24) is 0 Å². The van der Waals surface area contributed by atoms with Gasteiger partial charge in [-0.2, -0.15) is 0 Å². The highest BCUT2D eigenvalue weighted by atomic mass is 16.5. The van der Waals surface area contributed by atoms with Crippen LogP contribution in [0.1, 0.15) is 21.5 Å². The molecular formula is C19H20O6. The summed E-state index contributed by atoms with van der Waals surface area (Å²) in [5.41, 5.74) is -0.505. The molecule has 4 N–H and O–H groups in total. The zero-order valence-electron chi connectivity index (χ0n) is 13.4. The molecule has 6 heteroatoms. The normalized spacial score (nSPS) is 29.4. The SMILES string of the molecule is O=C(c1ccccc1)c1ccc([C@@]2(O)CO[C@H](CO)[C@@H](O)[C@@H]2O)cc1. The fourth-order valence-corrected chi connectivity index (χ4v) is 2.99. The van der Waals surface area contributed by atoms with Crippen LogP contribution in [0.15, 0.2) is 54.6 Å². The second kappa shape index (κ2) is 7.03. The summed E-state index contributed by atoms with van der Waals surface area (Å²) in [5, 5.41) is 40.1. The third-order valence-electron chi connectivity index (χ3n) is 4.57. The molecule has 1 aliphatic rings. The third-order valence-corrected chi connectivity index (χ3v) is 4.57. The van der Waals surface area contributed by atoms with E-state index in [-0.39, 0.29) is 12.4 Å². The fraction of sp³-hybridized carbons (Fsp3) is 0.316. The first kappa shape index (κ1) is 17.7. The Morgan fingerprint density at radius 1 is 1.04 bits per heavy atom. The molecular weight excluding hydrogens is 324 g/mol. The van der Waals surface area contributed by atoms with Crippen LogP contribution in [0.5, 0.6) is 0 Å². The summed E-state index contributed by atoms with van der Waals surface area (Å²) in [5.74, 6) is -0.153. The number of rotatable bonds is 4. The topological polar surface area (TPSA) is 107 Å². The van der Waals surface area contributed by atoms with Gasteiger partial charge in [0.1, 0.15) is 23.9 Å². The first-order valence-corrected chi connectivity index (χ1v) is 7.98. The highest BCUT2D eigenvalue weighted by molar-refractivity contribution is 6.08. The maximum Gasteiger partial charge on any atom is 0.193 e. The van der Waals surface area contributed by atoms with Crippen molar-refractivity contribution in [3.63, 3.8) is 0 Å². The predicted octanol–water partition coefficient (Wildman–Crippen LogP) is 0.218. The minimum Gasteiger partial charge on any atom is -0.394 e. The minimum absolute atomic E-state index is 0.153. The van der Waals surface area contributed by atoms with Crippen LogP contribution in [0.3, 0.4) is 0 Å². The zero-order chi connectivity index (χ0) is 18.0. The number of aliphatic hydroxyl groups excluding tert-OH is 3. The van der Waals surface area contributed by atoms with Crippen LogP contribution < -0.4 is 0 Å². The van der Waals surface area contributed by atoms with Gasteiger partial charge in [0.15, 0.2) is 5.78 Å². The Hall–Kier alpha value is -2.09. The number of hydrogen-bond donors (Lipinski definition) is 4. The van der Waals surface area contributed by atoms with Crippen LogP contribution in [-0.2, 0) is 10.3 Å². The zero-order valence-corrected chi connectivity index (χ0v) is 13.4. The summed E-state index contributed by atoms with van der Waals surface area (Å²) in [7, 11) is 0. The van der Waals surface area contributed by atoms with Crippen LogP contribution in [-0.4, -0.2) is 57.7 Å². The van der Waals surface area contributed by atoms with Crippen molar-refractivity contribution >= 4 is 5.78 Å². The first-order chi connectivity index (χ1) is 12.0. The lowest BCUT2D eigenvalue weighted by atomic mass is 9.82. The molecule has 1 aliphatic heterocycles. The van der Waals surface area contributed by atoms with Crippen LogP contribution in [0.4, 0.5) is 0 Å². The van der Waals surface area contributed by atoms with Crippen LogP contribution >= 0.6 is 0 Å². The number of aliphatic hydroxyl groups is 4. The van der Waals surface area contributed by atoms with Gasteiger partial charge in [-0.15, -0.1) is 0 Å². The van der Waals surface area contributed by atoms with Crippen LogP contribution in [0.2, 0.25) is 0 Å². The Bertz CT molecular complexity index is 729. The maximum absolute atomic E-state index is 12.4. The second-order valence-corrected chi connectivity index (χ2v) is 6.16. The van der Waals surface area contributed by atoms with Crippen molar-refractivity contribution in [3.05, 3.63) is 71.3 Å². The van der Waals surface area contributed by atoms with Gasteiger partial charge in [-0.1, -0.05) is 54.6 Å². The lowest BCUT2D eigenvalue weighted by molar-refractivity contribution is -0.245. The molecule has 0 aliphatic carbocycles. The predicted molar refractivity (Wildman–Crippen MR) is 89.1 cm³/mol. The van der Waals surface area contributed by atoms with Gasteiger partial charge in [0.05, 0.1) is 13.2 Å². The molecule has 3 rings (SSSR count). The molecule has 25 heavy (non-hydrogen) atoms. The monoisotopic (exact) mass is 344 g/mol. The summed E-state index contributed by atoms with van der Waals surface area (Å²) in [6, 6.07) is 15.0. The Morgan fingerprint density at radius 2 is 1.64 bits per heavy atom. The standard InChI is InChI=1S/C19H20O6/c20-10-15-17(22)18(23)19(24,11-25-15)14-8-6-13(7-9-14)16(21)12-4-2-1-3-5-12/h1-9,15,17-18,20,22-24H,10-11H2/t15-,17-,18+,19+/m1/s1. The van der Waals surface area contributed by atoms with Gasteiger partial charge >= 0.3 is 0 Å². The van der Waals surface area contributed by atoms with E-state index in [0.29, 0.717) is 16.7 Å². The lowest BCUT2D eigenvalue weighted by Crippen LogP contribution is -2.60. The van der Waals surface area contributed by atoms with Crippen LogP contribution in [0, 0.1) is 0 Å². The lowest BCUT2D eigenvalue weighted by Gasteiger charge is -2.43. The van der Waals surface area contributed by atoms with E-state index in [2.05, 4.69) is 0 Å². The van der Waals surface area contributed by atoms with Crippen molar-refractivity contribution in [2.45, 2.75) is 23.9 Å². The van der Waals surface area contributed by atoms with Crippen molar-refractivity contribution in [1.29, 1.82) is 0 Å². The molecule has 1 heterocycles. The summed E-state index contributed by atoms with van der Waals surface area (Å²) < 4.78 is 5.25. The highest BCUT2D eigenvalue weighted by Gasteiger charge is 2.49. The second-order valence-electron chi connectivity index (χ2n) is 6.16.